The molecule has 2 heterocycles. The summed E-state index contributed by atoms with van der Waals surface area (Å²) in [5.41, 5.74) is 0.578. The molecule has 194 valence electrons. The van der Waals surface area contributed by atoms with Crippen molar-refractivity contribution in [3.63, 3.8) is 0 Å². The molecule has 35 heavy (non-hydrogen) atoms. The maximum Gasteiger partial charge on any atom is 0.320 e. The highest BCUT2D eigenvalue weighted by Crippen LogP contribution is 2.50. The minimum atomic E-state index is -3.24. The van der Waals surface area contributed by atoms with Crippen LogP contribution < -0.4 is 0 Å². The summed E-state index contributed by atoms with van der Waals surface area (Å²) in [5.74, 6) is 0.839. The summed E-state index contributed by atoms with van der Waals surface area (Å²) in [7, 11) is 1.12. The van der Waals surface area contributed by atoms with Crippen LogP contribution in [-0.2, 0) is 15.6 Å². The van der Waals surface area contributed by atoms with E-state index in [1.165, 1.54) is 18.4 Å². The molecule has 1 aromatic carbocycles. The van der Waals surface area contributed by atoms with E-state index in [2.05, 4.69) is 54.2 Å². The molecule has 0 aromatic heterocycles. The summed E-state index contributed by atoms with van der Waals surface area (Å²) in [6.07, 6.45) is 7.05. The number of benzene rings is 1. The molecule has 1 aromatic rings. The van der Waals surface area contributed by atoms with Crippen LogP contribution in [0.5, 0.6) is 0 Å². The van der Waals surface area contributed by atoms with E-state index in [1.807, 2.05) is 18.7 Å². The first kappa shape index (κ1) is 25.0. The van der Waals surface area contributed by atoms with Crippen molar-refractivity contribution in [2.45, 2.75) is 75.4 Å². The van der Waals surface area contributed by atoms with E-state index in [4.69, 9.17) is 0 Å². The topological polar surface area (TPSA) is 64.2 Å². The van der Waals surface area contributed by atoms with Crippen LogP contribution in [0.3, 0.4) is 0 Å². The van der Waals surface area contributed by atoms with Crippen LogP contribution in [0.4, 0.5) is 4.79 Å². The SMILES string of the molecule is CN(C)[C@]1(c2ccccc2)CC[C@@]2(CC1)CN(CC(C)(C)N1CCCS1(=O)=O)C(=O)N2CC1CC1. The number of carbonyl (C=O) groups is 1. The maximum absolute atomic E-state index is 13.8. The predicted molar refractivity (Wildman–Crippen MR) is 139 cm³/mol. The zero-order valence-electron chi connectivity index (χ0n) is 21.9. The van der Waals surface area contributed by atoms with Crippen molar-refractivity contribution in [1.82, 2.24) is 19.0 Å². The molecule has 0 unspecified atom stereocenters. The van der Waals surface area contributed by atoms with Gasteiger partial charge in [0.2, 0.25) is 10.0 Å². The molecule has 2 aliphatic carbocycles. The van der Waals surface area contributed by atoms with Gasteiger partial charge in [-0.05, 0) is 84.4 Å². The van der Waals surface area contributed by atoms with Crippen molar-refractivity contribution >= 4 is 16.1 Å². The number of amides is 2. The molecule has 2 aliphatic heterocycles. The molecule has 1 spiro atoms. The molecule has 0 atom stereocenters. The normalized spacial score (nSPS) is 31.7. The van der Waals surface area contributed by atoms with Gasteiger partial charge in [-0.1, -0.05) is 30.3 Å². The van der Waals surface area contributed by atoms with Gasteiger partial charge in [-0.15, -0.1) is 0 Å². The number of rotatable bonds is 7. The number of sulfonamides is 1. The third-order valence-corrected chi connectivity index (χ3v) is 11.4. The molecule has 2 saturated carbocycles. The highest BCUT2D eigenvalue weighted by atomic mass is 32.2. The first-order valence-corrected chi connectivity index (χ1v) is 14.9. The average Bonchev–Trinajstić information content (AvgIpc) is 3.51. The third kappa shape index (κ3) is 4.40. The Labute approximate surface area is 211 Å². The van der Waals surface area contributed by atoms with Crippen LogP contribution in [-0.4, -0.2) is 90.6 Å². The number of nitrogens with zero attached hydrogens (tertiary/aromatic N) is 4. The van der Waals surface area contributed by atoms with Gasteiger partial charge < -0.3 is 9.80 Å². The Morgan fingerprint density at radius 2 is 1.71 bits per heavy atom. The molecule has 2 amide bonds. The largest absolute Gasteiger partial charge is 0.320 e. The summed E-state index contributed by atoms with van der Waals surface area (Å²) in [6.45, 7) is 6.51. The maximum atomic E-state index is 13.8. The molecule has 0 radical (unpaired) electrons. The fraction of sp³-hybridized carbons (Fsp3) is 0.741. The third-order valence-electron chi connectivity index (χ3n) is 9.22. The summed E-state index contributed by atoms with van der Waals surface area (Å²) >= 11 is 0. The quantitative estimate of drug-likeness (QED) is 0.570. The van der Waals surface area contributed by atoms with Crippen LogP contribution in [0, 0.1) is 5.92 Å². The molecule has 0 N–H and O–H groups in total. The number of carbonyl (C=O) groups excluding carboxylic acids is 1. The second-order valence-electron chi connectivity index (χ2n) is 12.3. The van der Waals surface area contributed by atoms with Crippen LogP contribution in [0.25, 0.3) is 0 Å². The average molecular weight is 503 g/mol. The second-order valence-corrected chi connectivity index (χ2v) is 14.3. The minimum absolute atomic E-state index is 0.0167. The lowest BCUT2D eigenvalue weighted by Gasteiger charge is -2.51. The molecule has 4 aliphatic rings. The molecular formula is C27H42N4O3S. The van der Waals surface area contributed by atoms with Crippen molar-refractivity contribution in [2.24, 2.45) is 5.92 Å². The zero-order chi connectivity index (χ0) is 25.1. The Morgan fingerprint density at radius 1 is 1.06 bits per heavy atom. The highest BCUT2D eigenvalue weighted by molar-refractivity contribution is 7.89. The molecular weight excluding hydrogens is 460 g/mol. The van der Waals surface area contributed by atoms with Gasteiger partial charge in [-0.25, -0.2) is 13.2 Å². The van der Waals surface area contributed by atoms with Gasteiger partial charge in [-0.3, -0.25) is 4.90 Å². The highest BCUT2D eigenvalue weighted by Gasteiger charge is 2.56. The molecule has 2 saturated heterocycles. The molecule has 5 rings (SSSR count). The summed E-state index contributed by atoms with van der Waals surface area (Å²) in [4.78, 5) is 20.4. The van der Waals surface area contributed by atoms with Gasteiger partial charge >= 0.3 is 6.03 Å². The fourth-order valence-corrected chi connectivity index (χ4v) is 8.93. The first-order chi connectivity index (χ1) is 16.5. The smallest absolute Gasteiger partial charge is 0.320 e. The predicted octanol–water partition coefficient (Wildman–Crippen LogP) is 3.72. The number of hydrogen-bond donors (Lipinski definition) is 0. The van der Waals surface area contributed by atoms with Crippen LogP contribution in [0.15, 0.2) is 30.3 Å². The summed E-state index contributed by atoms with van der Waals surface area (Å²) in [5, 5.41) is 0. The molecule has 7 nitrogen and oxygen atoms in total. The van der Waals surface area contributed by atoms with Crippen molar-refractivity contribution < 1.29 is 13.2 Å². The zero-order valence-corrected chi connectivity index (χ0v) is 22.7. The van der Waals surface area contributed by atoms with Crippen LogP contribution in [0.2, 0.25) is 0 Å². The minimum Gasteiger partial charge on any atom is -0.320 e. The van der Waals surface area contributed by atoms with Gasteiger partial charge in [0.15, 0.2) is 0 Å². The van der Waals surface area contributed by atoms with Crippen LogP contribution in [0.1, 0.15) is 64.4 Å². The van der Waals surface area contributed by atoms with Crippen molar-refractivity contribution in [3.05, 3.63) is 35.9 Å². The van der Waals surface area contributed by atoms with Crippen molar-refractivity contribution in [2.75, 3.05) is 46.0 Å². The van der Waals surface area contributed by atoms with Gasteiger partial charge in [0.1, 0.15) is 0 Å². The molecule has 4 fully saturated rings. The van der Waals surface area contributed by atoms with E-state index in [-0.39, 0.29) is 22.9 Å². The van der Waals surface area contributed by atoms with E-state index >= 15 is 0 Å². The molecule has 0 bridgehead atoms. The Morgan fingerprint density at radius 3 is 2.26 bits per heavy atom. The van der Waals surface area contributed by atoms with Gasteiger partial charge in [0.25, 0.3) is 0 Å². The second kappa shape index (κ2) is 8.73. The Kier molecular flexibility index (Phi) is 6.25. The van der Waals surface area contributed by atoms with E-state index in [0.717, 1.165) is 32.2 Å². The Hall–Kier alpha value is -1.64. The lowest BCUT2D eigenvalue weighted by atomic mass is 9.68. The van der Waals surface area contributed by atoms with E-state index in [1.54, 1.807) is 4.31 Å². The number of urea groups is 1. The van der Waals surface area contributed by atoms with E-state index in [0.29, 0.717) is 32.0 Å². The molecule has 8 heteroatoms. The van der Waals surface area contributed by atoms with Crippen LogP contribution >= 0.6 is 0 Å². The van der Waals surface area contributed by atoms with Gasteiger partial charge in [0, 0.05) is 37.3 Å². The number of hydrogen-bond acceptors (Lipinski definition) is 4. The summed E-state index contributed by atoms with van der Waals surface area (Å²) in [6, 6.07) is 10.9. The van der Waals surface area contributed by atoms with E-state index in [9.17, 15) is 13.2 Å². The van der Waals surface area contributed by atoms with Crippen molar-refractivity contribution in [1.29, 1.82) is 0 Å². The lowest BCUT2D eigenvalue weighted by Crippen LogP contribution is -2.55. The van der Waals surface area contributed by atoms with E-state index < -0.39 is 15.6 Å². The standard InChI is InChI=1S/C27H42N4O3S/c1-25(2,31-17-8-18-35(31,33)34)20-29-21-26(30(24(29)32)19-22-11-12-22)13-15-27(16-14-26,28(3)4)23-9-6-5-7-10-23/h5-7,9-10,22H,8,11-21H2,1-4H3/t26-,27-. The first-order valence-electron chi connectivity index (χ1n) is 13.3. The van der Waals surface area contributed by atoms with Crippen molar-refractivity contribution in [3.8, 4) is 0 Å². The van der Waals surface area contributed by atoms with Gasteiger partial charge in [-0.2, -0.15) is 4.31 Å². The summed E-state index contributed by atoms with van der Waals surface area (Å²) < 4.78 is 26.9. The lowest BCUT2D eigenvalue weighted by molar-refractivity contribution is 0.0228. The monoisotopic (exact) mass is 502 g/mol. The Bertz CT molecular complexity index is 1040. The van der Waals surface area contributed by atoms with Gasteiger partial charge in [0.05, 0.1) is 11.3 Å². The Balaban J connectivity index is 1.39. The fourth-order valence-electron chi connectivity index (χ4n) is 7.00.